The zero-order valence-electron chi connectivity index (χ0n) is 11.7. The average molecular weight is 285 g/mol. The molecule has 2 unspecified atom stereocenters. The summed E-state index contributed by atoms with van der Waals surface area (Å²) in [7, 11) is 1.70. The van der Waals surface area contributed by atoms with E-state index in [0.717, 1.165) is 24.5 Å². The Bertz CT molecular complexity index is 373. The molecule has 2 atom stereocenters. The smallest absolute Gasteiger partial charge is 0.294 e. The van der Waals surface area contributed by atoms with Crippen LogP contribution in [0.4, 0.5) is 0 Å². The summed E-state index contributed by atoms with van der Waals surface area (Å²) in [5.74, 6) is 0.626. The van der Waals surface area contributed by atoms with Crippen LogP contribution in [0.2, 0.25) is 0 Å². The molecule has 0 aliphatic heterocycles. The Kier molecular flexibility index (Phi) is 6.00. The van der Waals surface area contributed by atoms with E-state index >= 15 is 0 Å². The molecule has 108 valence electrons. The van der Waals surface area contributed by atoms with Crippen molar-refractivity contribution >= 4 is 11.3 Å². The molecule has 5 nitrogen and oxygen atoms in total. The summed E-state index contributed by atoms with van der Waals surface area (Å²) < 4.78 is 10.9. The minimum atomic E-state index is 0.316. The SMILES string of the molecule is COCCNCc1nnc(OC2CCCCC2C)s1. The molecule has 1 saturated carbocycles. The van der Waals surface area contributed by atoms with E-state index in [2.05, 4.69) is 22.4 Å². The molecule has 1 aliphatic carbocycles. The highest BCUT2D eigenvalue weighted by atomic mass is 32.1. The molecule has 1 N–H and O–H groups in total. The van der Waals surface area contributed by atoms with Gasteiger partial charge in [0.1, 0.15) is 11.1 Å². The van der Waals surface area contributed by atoms with Crippen molar-refractivity contribution in [1.82, 2.24) is 15.5 Å². The standard InChI is InChI=1S/C13H23N3O2S/c1-10-5-3-4-6-11(10)18-13-16-15-12(19-13)9-14-7-8-17-2/h10-11,14H,3-9H2,1-2H3. The molecule has 6 heteroatoms. The van der Waals surface area contributed by atoms with Gasteiger partial charge in [0.15, 0.2) is 0 Å². The van der Waals surface area contributed by atoms with Crippen molar-refractivity contribution in [3.63, 3.8) is 0 Å². The van der Waals surface area contributed by atoms with Crippen LogP contribution in [0.1, 0.15) is 37.6 Å². The normalized spacial score (nSPS) is 23.5. The summed E-state index contributed by atoms with van der Waals surface area (Å²) >= 11 is 1.54. The van der Waals surface area contributed by atoms with Gasteiger partial charge in [0, 0.05) is 20.2 Å². The lowest BCUT2D eigenvalue weighted by molar-refractivity contribution is 0.101. The van der Waals surface area contributed by atoms with Crippen molar-refractivity contribution in [2.24, 2.45) is 5.92 Å². The quantitative estimate of drug-likeness (QED) is 0.779. The Morgan fingerprint density at radius 3 is 2.95 bits per heavy atom. The Morgan fingerprint density at radius 1 is 1.32 bits per heavy atom. The first kappa shape index (κ1) is 14.7. The van der Waals surface area contributed by atoms with E-state index in [-0.39, 0.29) is 0 Å². The van der Waals surface area contributed by atoms with E-state index in [1.54, 1.807) is 7.11 Å². The van der Waals surface area contributed by atoms with E-state index in [9.17, 15) is 0 Å². The van der Waals surface area contributed by atoms with Crippen LogP contribution in [0.5, 0.6) is 5.19 Å². The maximum atomic E-state index is 5.97. The highest BCUT2D eigenvalue weighted by Gasteiger charge is 2.24. The molecule has 1 aliphatic rings. The van der Waals surface area contributed by atoms with Crippen molar-refractivity contribution in [2.45, 2.75) is 45.3 Å². The van der Waals surface area contributed by atoms with Crippen LogP contribution in [-0.2, 0) is 11.3 Å². The number of hydrogen-bond acceptors (Lipinski definition) is 6. The van der Waals surface area contributed by atoms with Gasteiger partial charge in [0.25, 0.3) is 5.19 Å². The molecule has 1 heterocycles. The van der Waals surface area contributed by atoms with Gasteiger partial charge in [-0.05, 0) is 25.2 Å². The fourth-order valence-corrected chi connectivity index (χ4v) is 3.02. The lowest BCUT2D eigenvalue weighted by atomic mass is 9.88. The van der Waals surface area contributed by atoms with Crippen LogP contribution < -0.4 is 10.1 Å². The van der Waals surface area contributed by atoms with Gasteiger partial charge >= 0.3 is 0 Å². The summed E-state index contributed by atoms with van der Waals surface area (Å²) in [5.41, 5.74) is 0. The first-order chi connectivity index (χ1) is 9.29. The monoisotopic (exact) mass is 285 g/mol. The maximum Gasteiger partial charge on any atom is 0.294 e. The second kappa shape index (κ2) is 7.77. The minimum absolute atomic E-state index is 0.316. The van der Waals surface area contributed by atoms with Crippen molar-refractivity contribution in [1.29, 1.82) is 0 Å². The zero-order valence-corrected chi connectivity index (χ0v) is 12.5. The molecule has 2 rings (SSSR count). The van der Waals surface area contributed by atoms with Gasteiger partial charge in [-0.2, -0.15) is 0 Å². The number of rotatable bonds is 7. The molecule has 0 amide bonds. The number of nitrogens with one attached hydrogen (secondary N) is 1. The van der Waals surface area contributed by atoms with Crippen molar-refractivity contribution in [2.75, 3.05) is 20.3 Å². The fraction of sp³-hybridized carbons (Fsp3) is 0.846. The largest absolute Gasteiger partial charge is 0.465 e. The zero-order chi connectivity index (χ0) is 13.5. The van der Waals surface area contributed by atoms with Gasteiger partial charge < -0.3 is 14.8 Å². The molecule has 0 aromatic carbocycles. The van der Waals surface area contributed by atoms with Gasteiger partial charge in [-0.1, -0.05) is 29.8 Å². The van der Waals surface area contributed by atoms with Crippen LogP contribution in [0, 0.1) is 5.92 Å². The lowest BCUT2D eigenvalue weighted by Gasteiger charge is -2.27. The van der Waals surface area contributed by atoms with Gasteiger partial charge in [-0.15, -0.1) is 5.10 Å². The van der Waals surface area contributed by atoms with E-state index in [4.69, 9.17) is 9.47 Å². The Balaban J connectivity index is 1.76. The van der Waals surface area contributed by atoms with Crippen LogP contribution >= 0.6 is 11.3 Å². The highest BCUT2D eigenvalue weighted by molar-refractivity contribution is 7.13. The number of nitrogens with zero attached hydrogens (tertiary/aromatic N) is 2. The average Bonchev–Trinajstić information content (AvgIpc) is 2.85. The summed E-state index contributed by atoms with van der Waals surface area (Å²) in [6.45, 7) is 4.52. The van der Waals surface area contributed by atoms with Crippen molar-refractivity contribution in [3.05, 3.63) is 5.01 Å². The number of aromatic nitrogens is 2. The first-order valence-corrected chi connectivity index (χ1v) is 7.80. The molecule has 0 spiro atoms. The van der Waals surface area contributed by atoms with Crippen molar-refractivity contribution < 1.29 is 9.47 Å². The second-order valence-electron chi connectivity index (χ2n) is 5.05. The van der Waals surface area contributed by atoms with Crippen LogP contribution in [-0.4, -0.2) is 36.6 Å². The molecule has 1 fully saturated rings. The first-order valence-electron chi connectivity index (χ1n) is 6.98. The summed E-state index contributed by atoms with van der Waals surface area (Å²) in [6, 6.07) is 0. The molecular formula is C13H23N3O2S. The lowest BCUT2D eigenvalue weighted by Crippen LogP contribution is -2.28. The van der Waals surface area contributed by atoms with Gasteiger partial charge in [-0.25, -0.2) is 0 Å². The number of ether oxygens (including phenoxy) is 2. The molecule has 1 aromatic heterocycles. The van der Waals surface area contributed by atoms with Gasteiger partial charge in [0.2, 0.25) is 0 Å². The van der Waals surface area contributed by atoms with E-state index < -0.39 is 0 Å². The molecule has 0 bridgehead atoms. The summed E-state index contributed by atoms with van der Waals surface area (Å²) in [4.78, 5) is 0. The minimum Gasteiger partial charge on any atom is -0.465 e. The maximum absolute atomic E-state index is 5.97. The van der Waals surface area contributed by atoms with E-state index in [0.29, 0.717) is 23.8 Å². The Labute approximate surface area is 118 Å². The van der Waals surface area contributed by atoms with Crippen LogP contribution in [0.3, 0.4) is 0 Å². The Hall–Kier alpha value is -0.720. The predicted molar refractivity (Wildman–Crippen MR) is 75.5 cm³/mol. The summed E-state index contributed by atoms with van der Waals surface area (Å²) in [6.07, 6.45) is 5.30. The van der Waals surface area contributed by atoms with Crippen LogP contribution in [0.25, 0.3) is 0 Å². The van der Waals surface area contributed by atoms with Gasteiger partial charge in [0.05, 0.1) is 6.61 Å². The third kappa shape index (κ3) is 4.71. The number of methoxy groups -OCH3 is 1. The molecule has 0 saturated heterocycles. The molecular weight excluding hydrogens is 262 g/mol. The third-order valence-corrected chi connectivity index (χ3v) is 4.31. The molecule has 1 aromatic rings. The Morgan fingerprint density at radius 2 is 2.16 bits per heavy atom. The second-order valence-corrected chi connectivity index (χ2v) is 6.07. The van der Waals surface area contributed by atoms with Gasteiger partial charge in [-0.3, -0.25) is 0 Å². The topological polar surface area (TPSA) is 56.3 Å². The van der Waals surface area contributed by atoms with Crippen LogP contribution in [0.15, 0.2) is 0 Å². The van der Waals surface area contributed by atoms with Crippen molar-refractivity contribution in [3.8, 4) is 5.19 Å². The fourth-order valence-electron chi connectivity index (χ4n) is 2.31. The highest BCUT2D eigenvalue weighted by Crippen LogP contribution is 2.29. The molecule has 19 heavy (non-hydrogen) atoms. The summed E-state index contributed by atoms with van der Waals surface area (Å²) in [5, 5.41) is 13.2. The van der Waals surface area contributed by atoms with E-state index in [1.165, 1.54) is 30.6 Å². The van der Waals surface area contributed by atoms with E-state index in [1.807, 2.05) is 0 Å². The third-order valence-electron chi connectivity index (χ3n) is 3.49. The molecule has 0 radical (unpaired) electrons. The number of hydrogen-bond donors (Lipinski definition) is 1. The predicted octanol–water partition coefficient (Wildman–Crippen LogP) is 2.23.